The first-order valence-corrected chi connectivity index (χ1v) is 7.94. The Hall–Kier alpha value is -2.58. The summed E-state index contributed by atoms with van der Waals surface area (Å²) < 4.78 is 37.3. The number of carboxylic acid groups (broad SMARTS) is 1. The molecule has 26 heavy (non-hydrogen) atoms. The number of hydrogen-bond donors (Lipinski definition) is 2. The Labute approximate surface area is 148 Å². The number of aliphatic carboxylic acids is 1. The summed E-state index contributed by atoms with van der Waals surface area (Å²) in [6, 6.07) is 8.30. The second-order valence-corrected chi connectivity index (χ2v) is 6.51. The van der Waals surface area contributed by atoms with E-state index in [0.717, 1.165) is 0 Å². The zero-order chi connectivity index (χ0) is 19.5. The lowest BCUT2D eigenvalue weighted by molar-refractivity contribution is -0.157. The molecule has 6 nitrogen and oxygen atoms in total. The van der Waals surface area contributed by atoms with Gasteiger partial charge in [0, 0.05) is 19.5 Å². The number of carboxylic acids is 1. The predicted molar refractivity (Wildman–Crippen MR) is 85.2 cm³/mol. The first-order valence-electron chi connectivity index (χ1n) is 7.94. The molecule has 1 aliphatic rings. The van der Waals surface area contributed by atoms with E-state index in [1.165, 1.54) is 6.92 Å². The average Bonchev–Trinajstić information content (AvgIpc) is 2.92. The number of carbonyl (C=O) groups excluding carboxylic acids is 2. The summed E-state index contributed by atoms with van der Waals surface area (Å²) in [5.74, 6) is -3.46. The molecule has 1 aromatic rings. The molecule has 0 bridgehead atoms. The summed E-state index contributed by atoms with van der Waals surface area (Å²) in [6.07, 6.45) is -4.85. The highest BCUT2D eigenvalue weighted by molar-refractivity contribution is 5.90. The zero-order valence-electron chi connectivity index (χ0n) is 14.0. The number of halogens is 3. The van der Waals surface area contributed by atoms with Gasteiger partial charge in [0.15, 0.2) is 0 Å². The van der Waals surface area contributed by atoms with Crippen molar-refractivity contribution >= 4 is 17.8 Å². The molecule has 2 N–H and O–H groups in total. The van der Waals surface area contributed by atoms with Gasteiger partial charge in [0.1, 0.15) is 12.0 Å². The van der Waals surface area contributed by atoms with E-state index in [1.54, 1.807) is 30.3 Å². The molecule has 2 atom stereocenters. The van der Waals surface area contributed by atoms with E-state index >= 15 is 0 Å². The summed E-state index contributed by atoms with van der Waals surface area (Å²) in [5, 5.41) is 12.0. The van der Waals surface area contributed by atoms with Gasteiger partial charge in [-0.2, -0.15) is 13.2 Å². The molecule has 0 saturated carbocycles. The SMILES string of the molecule is CC(CNC(=O)C1CC(=O)N(CC(F)(F)F)C1)(C(=O)O)c1ccccc1. The second-order valence-electron chi connectivity index (χ2n) is 6.51. The fourth-order valence-corrected chi connectivity index (χ4v) is 2.83. The highest BCUT2D eigenvalue weighted by Crippen LogP contribution is 2.26. The van der Waals surface area contributed by atoms with Gasteiger partial charge >= 0.3 is 12.1 Å². The lowest BCUT2D eigenvalue weighted by Gasteiger charge is -2.26. The number of alkyl halides is 3. The van der Waals surface area contributed by atoms with E-state index in [4.69, 9.17) is 0 Å². The molecule has 9 heteroatoms. The van der Waals surface area contributed by atoms with E-state index in [9.17, 15) is 32.7 Å². The fraction of sp³-hybridized carbons (Fsp3) is 0.471. The number of hydrogen-bond acceptors (Lipinski definition) is 3. The van der Waals surface area contributed by atoms with Crippen LogP contribution in [0.1, 0.15) is 18.9 Å². The van der Waals surface area contributed by atoms with Gasteiger partial charge in [-0.15, -0.1) is 0 Å². The first-order chi connectivity index (χ1) is 12.0. The first kappa shape index (κ1) is 19.7. The number of rotatable bonds is 6. The standard InChI is InChI=1S/C17H19F3N2O4/c1-16(15(25)26,12-5-3-2-4-6-12)9-21-14(24)11-7-13(23)22(8-11)10-17(18,19)20/h2-6,11H,7-10H2,1H3,(H,21,24)(H,25,26). The van der Waals surface area contributed by atoms with Crippen molar-refractivity contribution in [3.8, 4) is 0 Å². The van der Waals surface area contributed by atoms with Crippen molar-refractivity contribution in [2.75, 3.05) is 19.6 Å². The smallest absolute Gasteiger partial charge is 0.406 e. The summed E-state index contributed by atoms with van der Waals surface area (Å²) in [4.78, 5) is 36.2. The van der Waals surface area contributed by atoms with Crippen molar-refractivity contribution in [2.24, 2.45) is 5.92 Å². The molecule has 2 amide bonds. The molecule has 1 aromatic carbocycles. The number of nitrogens with one attached hydrogen (secondary N) is 1. The number of benzene rings is 1. The zero-order valence-corrected chi connectivity index (χ0v) is 14.0. The molecule has 0 spiro atoms. The molecule has 0 aliphatic carbocycles. The minimum Gasteiger partial charge on any atom is -0.481 e. The second kappa shape index (κ2) is 7.35. The molecule has 1 fully saturated rings. The third-order valence-electron chi connectivity index (χ3n) is 4.45. The molecule has 0 aromatic heterocycles. The summed E-state index contributed by atoms with van der Waals surface area (Å²) in [6.45, 7) is -0.526. The van der Waals surface area contributed by atoms with Gasteiger partial charge in [0.05, 0.1) is 5.92 Å². The van der Waals surface area contributed by atoms with Gasteiger partial charge in [-0.25, -0.2) is 0 Å². The summed E-state index contributed by atoms with van der Waals surface area (Å²) >= 11 is 0. The molecule has 0 radical (unpaired) electrons. The van der Waals surface area contributed by atoms with Crippen molar-refractivity contribution in [1.82, 2.24) is 10.2 Å². The quantitative estimate of drug-likeness (QED) is 0.793. The number of amides is 2. The van der Waals surface area contributed by atoms with Crippen LogP contribution in [-0.4, -0.2) is 53.6 Å². The molecule has 1 saturated heterocycles. The van der Waals surface area contributed by atoms with E-state index in [1.807, 2.05) is 0 Å². The highest BCUT2D eigenvalue weighted by Gasteiger charge is 2.41. The molecule has 2 rings (SSSR count). The average molecular weight is 372 g/mol. The number of carbonyl (C=O) groups is 3. The summed E-state index contributed by atoms with van der Waals surface area (Å²) in [5.41, 5.74) is -0.917. The van der Waals surface area contributed by atoms with Crippen LogP contribution in [-0.2, 0) is 19.8 Å². The lowest BCUT2D eigenvalue weighted by atomic mass is 9.82. The van der Waals surface area contributed by atoms with E-state index in [0.29, 0.717) is 10.5 Å². The van der Waals surface area contributed by atoms with Crippen LogP contribution >= 0.6 is 0 Å². The van der Waals surface area contributed by atoms with Crippen molar-refractivity contribution in [1.29, 1.82) is 0 Å². The Morgan fingerprint density at radius 1 is 1.27 bits per heavy atom. The van der Waals surface area contributed by atoms with Crippen LogP contribution < -0.4 is 5.32 Å². The van der Waals surface area contributed by atoms with E-state index in [-0.39, 0.29) is 19.5 Å². The molecular formula is C17H19F3N2O4. The van der Waals surface area contributed by atoms with Crippen LogP contribution in [0.15, 0.2) is 30.3 Å². The lowest BCUT2D eigenvalue weighted by Crippen LogP contribution is -2.46. The normalized spacial score (nSPS) is 19.9. The minimum atomic E-state index is -4.53. The molecule has 1 aliphatic heterocycles. The van der Waals surface area contributed by atoms with Crippen molar-refractivity contribution in [3.63, 3.8) is 0 Å². The summed E-state index contributed by atoms with van der Waals surface area (Å²) in [7, 11) is 0. The van der Waals surface area contributed by atoms with Gasteiger partial charge in [0.25, 0.3) is 0 Å². The highest BCUT2D eigenvalue weighted by atomic mass is 19.4. The largest absolute Gasteiger partial charge is 0.481 e. The monoisotopic (exact) mass is 372 g/mol. The van der Waals surface area contributed by atoms with E-state index in [2.05, 4.69) is 5.32 Å². The Morgan fingerprint density at radius 3 is 2.42 bits per heavy atom. The predicted octanol–water partition coefficient (Wildman–Crippen LogP) is 1.56. The van der Waals surface area contributed by atoms with Gasteiger partial charge in [-0.3, -0.25) is 14.4 Å². The van der Waals surface area contributed by atoms with Crippen LogP contribution in [0.4, 0.5) is 13.2 Å². The minimum absolute atomic E-state index is 0.241. The van der Waals surface area contributed by atoms with Gasteiger partial charge in [-0.05, 0) is 12.5 Å². The maximum absolute atomic E-state index is 12.4. The van der Waals surface area contributed by atoms with Crippen molar-refractivity contribution < 1.29 is 32.7 Å². The number of nitrogens with zero attached hydrogens (tertiary/aromatic N) is 1. The number of likely N-dealkylation sites (tertiary alicyclic amines) is 1. The molecule has 142 valence electrons. The third-order valence-corrected chi connectivity index (χ3v) is 4.45. The molecule has 1 heterocycles. The fourth-order valence-electron chi connectivity index (χ4n) is 2.83. The topological polar surface area (TPSA) is 86.7 Å². The molecular weight excluding hydrogens is 353 g/mol. The Kier molecular flexibility index (Phi) is 5.58. The Morgan fingerprint density at radius 2 is 1.88 bits per heavy atom. The van der Waals surface area contributed by atoms with E-state index < -0.39 is 41.8 Å². The van der Waals surface area contributed by atoms with Crippen LogP contribution in [0.2, 0.25) is 0 Å². The van der Waals surface area contributed by atoms with Crippen molar-refractivity contribution in [3.05, 3.63) is 35.9 Å². The van der Waals surface area contributed by atoms with Gasteiger partial charge in [-0.1, -0.05) is 30.3 Å². The maximum atomic E-state index is 12.4. The molecule has 2 unspecified atom stereocenters. The van der Waals surface area contributed by atoms with Crippen LogP contribution in [0.25, 0.3) is 0 Å². The van der Waals surface area contributed by atoms with Crippen LogP contribution in [0.5, 0.6) is 0 Å². The third kappa shape index (κ3) is 4.53. The van der Waals surface area contributed by atoms with Crippen LogP contribution in [0, 0.1) is 5.92 Å². The van der Waals surface area contributed by atoms with Crippen molar-refractivity contribution in [2.45, 2.75) is 24.9 Å². The van der Waals surface area contributed by atoms with Gasteiger partial charge in [0.2, 0.25) is 11.8 Å². The van der Waals surface area contributed by atoms with Crippen LogP contribution in [0.3, 0.4) is 0 Å². The van der Waals surface area contributed by atoms with Gasteiger partial charge < -0.3 is 15.3 Å². The Balaban J connectivity index is 2.01. The Bertz CT molecular complexity index is 693. The maximum Gasteiger partial charge on any atom is 0.406 e.